The van der Waals surface area contributed by atoms with E-state index >= 15 is 0 Å². The van der Waals surface area contributed by atoms with E-state index in [-0.39, 0.29) is 80.4 Å². The Balaban J connectivity index is 0.000000124. The van der Waals surface area contributed by atoms with Gasteiger partial charge in [0.05, 0.1) is 22.7 Å². The predicted molar refractivity (Wildman–Crippen MR) is 403 cm³/mol. The van der Waals surface area contributed by atoms with Crippen LogP contribution < -0.4 is 29.4 Å². The molecule has 0 bridgehead atoms. The van der Waals surface area contributed by atoms with Gasteiger partial charge in [-0.15, -0.1) is 36.2 Å². The molecular weight excluding hydrogens is 1840 g/mol. The molecule has 3 aliphatic heterocycles. The molecule has 104 heavy (non-hydrogen) atoms. The minimum absolute atomic E-state index is 0. The van der Waals surface area contributed by atoms with Crippen molar-refractivity contribution in [2.24, 2.45) is 0 Å². The second-order valence-electron chi connectivity index (χ2n) is 24.2. The number of aromatic nitrogens is 7. The summed E-state index contributed by atoms with van der Waals surface area (Å²) in [5, 5.41) is 38.2. The smallest absolute Gasteiger partial charge is 0.506 e. The van der Waals surface area contributed by atoms with Crippen molar-refractivity contribution in [1.29, 1.82) is 0 Å². The van der Waals surface area contributed by atoms with Crippen molar-refractivity contribution in [3.05, 3.63) is 348 Å². The van der Waals surface area contributed by atoms with Crippen LogP contribution in [-0.4, -0.2) is 49.0 Å². The van der Waals surface area contributed by atoms with Gasteiger partial charge in [0.1, 0.15) is 58.0 Å². The molecule has 16 nitrogen and oxygen atoms in total. The van der Waals surface area contributed by atoms with Crippen LogP contribution in [0.4, 0.5) is 57.4 Å². The first-order chi connectivity index (χ1) is 49.9. The fourth-order valence-electron chi connectivity index (χ4n) is 13.8. The maximum Gasteiger partial charge on any atom is 2.00 e. The van der Waals surface area contributed by atoms with Gasteiger partial charge in [-0.25, -0.2) is 19.9 Å². The van der Waals surface area contributed by atoms with E-state index in [1.165, 1.54) is 10.8 Å². The van der Waals surface area contributed by atoms with Crippen molar-refractivity contribution in [3.63, 3.8) is 0 Å². The van der Waals surface area contributed by atoms with Crippen LogP contribution >= 0.6 is 0 Å². The summed E-state index contributed by atoms with van der Waals surface area (Å²) in [5.74, 6) is 6.14. The number of phenolic OH excluding ortho intramolecular Hbond substituents is 3. The number of benzene rings is 10. The van der Waals surface area contributed by atoms with E-state index in [0.29, 0.717) is 5.69 Å². The summed E-state index contributed by atoms with van der Waals surface area (Å²) in [6, 6.07) is 105. The molecule has 20 rings (SSSR count). The van der Waals surface area contributed by atoms with Crippen molar-refractivity contribution in [3.8, 4) is 34.7 Å². The van der Waals surface area contributed by atoms with Crippen LogP contribution in [0.15, 0.2) is 310 Å². The van der Waals surface area contributed by atoms with E-state index in [9.17, 15) is 15.3 Å². The molecule has 19 heteroatoms. The Bertz CT molecular complexity index is 5660. The number of fused-ring (bicyclic) bond motifs is 11. The van der Waals surface area contributed by atoms with Gasteiger partial charge in [0, 0.05) is 34.1 Å². The second-order valence-corrected chi connectivity index (χ2v) is 24.2. The largest absolute Gasteiger partial charge is 2.00 e. The zero-order valence-corrected chi connectivity index (χ0v) is 61.6. The molecule has 0 fully saturated rings. The molecule has 0 saturated heterocycles. The minimum atomic E-state index is 0. The van der Waals surface area contributed by atoms with Crippen LogP contribution in [0.2, 0.25) is 0 Å². The van der Waals surface area contributed by atoms with Crippen molar-refractivity contribution in [1.82, 2.24) is 33.6 Å². The third-order valence-electron chi connectivity index (χ3n) is 18.3. The normalized spacial score (nSPS) is 12.8. The van der Waals surface area contributed by atoms with E-state index in [1.54, 1.807) is 24.4 Å². The molecule has 10 aromatic carbocycles. The average Bonchev–Trinajstić information content (AvgIpc) is 1.61. The van der Waals surface area contributed by atoms with Gasteiger partial charge in [-0.05, 0) is 144 Å². The van der Waals surface area contributed by atoms with Gasteiger partial charge in [0.2, 0.25) is 0 Å². The summed E-state index contributed by atoms with van der Waals surface area (Å²) in [6.45, 7) is 5.79. The molecule has 0 atom stereocenters. The maximum atomic E-state index is 10.5. The molecule has 0 unspecified atom stereocenters. The zero-order chi connectivity index (χ0) is 67.5. The van der Waals surface area contributed by atoms with Crippen molar-refractivity contribution >= 4 is 123 Å². The Hall–Kier alpha value is -11.8. The minimum Gasteiger partial charge on any atom is -0.506 e. The summed E-state index contributed by atoms with van der Waals surface area (Å²) < 4.78 is 6.45. The molecule has 3 N–H and O–H groups in total. The average molecular weight is 1890 g/mol. The van der Waals surface area contributed by atoms with Crippen molar-refractivity contribution < 1.29 is 78.5 Å². The Morgan fingerprint density at radius 1 is 0.269 bits per heavy atom. The fraction of sp³-hybridized carbons (Fsp3) is 0. The van der Waals surface area contributed by atoms with Crippen LogP contribution in [-0.2, 0) is 63.2 Å². The molecule has 10 heterocycles. The molecular formula is C85H57N13O3Pt3. The number of hydrogen-bond acceptors (Lipinski definition) is 13. The fourth-order valence-corrected chi connectivity index (χ4v) is 13.8. The number of hydrogen-bond donors (Lipinski definition) is 3. The van der Waals surface area contributed by atoms with Crippen LogP contribution in [0.3, 0.4) is 0 Å². The van der Waals surface area contributed by atoms with Crippen molar-refractivity contribution in [2.75, 3.05) is 29.4 Å². The van der Waals surface area contributed by atoms with Crippen LogP contribution in [0.5, 0.6) is 17.2 Å². The number of nitrogens with zero attached hydrogens (tertiary/aromatic N) is 13. The number of pyridine rings is 4. The van der Waals surface area contributed by atoms with Gasteiger partial charge >= 0.3 is 63.2 Å². The summed E-state index contributed by atoms with van der Waals surface area (Å²) in [5.41, 5.74) is 11.2. The Morgan fingerprint density at radius 2 is 0.615 bits per heavy atom. The number of rotatable bonds is 9. The Labute approximate surface area is 641 Å². The van der Waals surface area contributed by atoms with E-state index < -0.39 is 0 Å². The van der Waals surface area contributed by atoms with Gasteiger partial charge in [-0.2, -0.15) is 72.8 Å². The van der Waals surface area contributed by atoms with Gasteiger partial charge in [0.15, 0.2) is 0 Å². The topological polar surface area (TPSA) is 146 Å². The van der Waals surface area contributed by atoms with Crippen LogP contribution in [0, 0.1) is 38.2 Å². The third-order valence-corrected chi connectivity index (χ3v) is 18.3. The second kappa shape index (κ2) is 28.9. The number of phenols is 3. The summed E-state index contributed by atoms with van der Waals surface area (Å²) in [6.07, 6.45) is 5.59. The first-order valence-corrected chi connectivity index (χ1v) is 32.9. The van der Waals surface area contributed by atoms with E-state index in [0.717, 1.165) is 124 Å². The molecule has 17 aromatic rings. The Morgan fingerprint density at radius 3 is 1.10 bits per heavy atom. The van der Waals surface area contributed by atoms with E-state index in [1.807, 2.05) is 245 Å². The molecule has 0 saturated carbocycles. The van der Waals surface area contributed by atoms with E-state index in [2.05, 4.69) is 127 Å². The van der Waals surface area contributed by atoms with Gasteiger partial charge in [-0.3, -0.25) is 0 Å². The van der Waals surface area contributed by atoms with Gasteiger partial charge in [-0.1, -0.05) is 138 Å². The monoisotopic (exact) mass is 1890 g/mol. The summed E-state index contributed by atoms with van der Waals surface area (Å²) in [7, 11) is 0. The maximum absolute atomic E-state index is 10.5. The van der Waals surface area contributed by atoms with Crippen LogP contribution in [0.25, 0.3) is 82.9 Å². The third kappa shape index (κ3) is 12.0. The van der Waals surface area contributed by atoms with Gasteiger partial charge in [0.25, 0.3) is 0 Å². The standard InChI is InChI=1S/C30H20N4O.C29H19N5O.C26H18N4O.3Pt/c35-28-17-8-7-16-27(28)32-20-33(26-15-6-5-14-25(26)32)29-18-9-19-30(31-29)34-23-12-3-1-10-21(23)22-11-2-4-13-24(22)34;35-26-15-6-5-13-24(26)32-19-33(29-25(32)14-8-18-30-29)27-16-7-17-28(31-27)34-22-11-3-1-9-20(22)21-10-2-4-12-23(21)34;31-24-13-6-5-12-23(24)28-16-17-29(18-28)25-14-7-15-26(27-25)30-21-10-3-1-8-19(21)20-9-2-4-11-22(20)30;;;/h1-12,14-20,35H;1-11,13-19,35H;1-10,12-18,31H;;;/q3*-2;3*+2. The van der Waals surface area contributed by atoms with Gasteiger partial charge < -0.3 is 58.4 Å². The number of para-hydroxylation sites is 14. The quantitative estimate of drug-likeness (QED) is 0.118. The SMILES string of the molecule is Oc1ccccc1N1C=CN(c2cccc(-n3c4[c-]cccc4c4ccccc43)n2)[CH-]1.Oc1ccccc1N1[CH-]N(c2cccc(-n3c4[c-]cccc4c4ccccc43)n2)c2ccccc21.Oc1ccccc1N1[CH-]N(c2cccc(-n3c4[c-]cccc4c4ccccc43)n2)c2ncccc21.[Pt+2].[Pt+2].[Pt+2]. The molecule has 0 amide bonds. The first kappa shape index (κ1) is 68.0. The van der Waals surface area contributed by atoms with Crippen LogP contribution in [0.1, 0.15) is 0 Å². The predicted octanol–water partition coefficient (Wildman–Crippen LogP) is 19.2. The molecule has 7 aromatic heterocycles. The molecule has 3 aliphatic rings. The molecule has 0 spiro atoms. The summed E-state index contributed by atoms with van der Waals surface area (Å²) in [4.78, 5) is 31.5. The number of anilines is 10. The molecule has 510 valence electrons. The molecule has 0 radical (unpaired) electrons. The van der Waals surface area contributed by atoms with Crippen molar-refractivity contribution in [2.45, 2.75) is 0 Å². The summed E-state index contributed by atoms with van der Waals surface area (Å²) >= 11 is 0. The molecule has 0 aliphatic carbocycles. The number of aromatic hydroxyl groups is 3. The Kier molecular flexibility index (Phi) is 18.9. The zero-order valence-electron chi connectivity index (χ0n) is 54.8. The van der Waals surface area contributed by atoms with E-state index in [4.69, 9.17) is 15.0 Å². The first-order valence-electron chi connectivity index (χ1n) is 32.9.